The van der Waals surface area contributed by atoms with Gasteiger partial charge >= 0.3 is 11.9 Å². The summed E-state index contributed by atoms with van der Waals surface area (Å²) in [5.41, 5.74) is 6.54. The number of nitrogens with one attached hydrogen (secondary N) is 1. The van der Waals surface area contributed by atoms with Crippen LogP contribution in [0.4, 0.5) is 0 Å². The Kier molecular flexibility index (Phi) is 7.64. The maximum Gasteiger partial charge on any atom is 0.356 e. The number of carboxylic acid groups (broad SMARTS) is 1. The molecular formula is C23H30ClN4O6+. The Hall–Kier alpha value is -2.95. The van der Waals surface area contributed by atoms with Gasteiger partial charge in [0.2, 0.25) is 5.91 Å². The lowest BCUT2D eigenvalue weighted by Gasteiger charge is -2.50. The van der Waals surface area contributed by atoms with E-state index in [4.69, 9.17) is 22.1 Å². The molecular weight excluding hydrogens is 464 g/mol. The van der Waals surface area contributed by atoms with Gasteiger partial charge in [-0.3, -0.25) is 19.3 Å². The van der Waals surface area contributed by atoms with Gasteiger partial charge in [-0.25, -0.2) is 4.79 Å². The van der Waals surface area contributed by atoms with Crippen molar-refractivity contribution in [3.8, 4) is 0 Å². The highest BCUT2D eigenvalue weighted by Gasteiger charge is 2.54. The van der Waals surface area contributed by atoms with Crippen molar-refractivity contribution >= 4 is 35.4 Å². The van der Waals surface area contributed by atoms with Crippen molar-refractivity contribution in [2.75, 3.05) is 27.7 Å². The van der Waals surface area contributed by atoms with Gasteiger partial charge in [0.05, 0.1) is 33.6 Å². The van der Waals surface area contributed by atoms with Gasteiger partial charge in [0.1, 0.15) is 24.3 Å². The molecule has 1 unspecified atom stereocenters. The number of quaternary nitrogens is 1. The molecule has 11 heteroatoms. The van der Waals surface area contributed by atoms with E-state index in [9.17, 15) is 24.3 Å². The predicted octanol–water partition coefficient (Wildman–Crippen LogP) is 0.719. The zero-order chi connectivity index (χ0) is 25.2. The molecule has 2 amide bonds. The summed E-state index contributed by atoms with van der Waals surface area (Å²) in [7, 11) is 5.54. The summed E-state index contributed by atoms with van der Waals surface area (Å²) in [4.78, 5) is 51.0. The van der Waals surface area contributed by atoms with Crippen molar-refractivity contribution in [2.45, 2.75) is 43.5 Å². The smallest absolute Gasteiger partial charge is 0.356 e. The molecule has 4 atom stereocenters. The third-order valence-electron chi connectivity index (χ3n) is 5.74. The molecule has 0 saturated carbocycles. The molecule has 0 aliphatic carbocycles. The van der Waals surface area contributed by atoms with Gasteiger partial charge < -0.3 is 25.4 Å². The number of aliphatic carboxylic acids is 1. The van der Waals surface area contributed by atoms with E-state index >= 15 is 0 Å². The number of hydrogen-bond donors (Lipinski definition) is 3. The van der Waals surface area contributed by atoms with Crippen molar-refractivity contribution in [1.29, 1.82) is 0 Å². The number of hydrogen-bond acceptors (Lipinski definition) is 6. The zero-order valence-electron chi connectivity index (χ0n) is 19.4. The largest absolute Gasteiger partial charge is 0.481 e. The van der Waals surface area contributed by atoms with E-state index in [1.54, 1.807) is 24.3 Å². The fraction of sp³-hybridized carbons (Fsp3) is 0.478. The van der Waals surface area contributed by atoms with E-state index in [2.05, 4.69) is 5.32 Å². The number of carbonyl (C=O) groups excluding carboxylic acids is 3. The number of esters is 1. The fourth-order valence-corrected chi connectivity index (χ4v) is 4.50. The van der Waals surface area contributed by atoms with Gasteiger partial charge in [-0.15, -0.1) is 0 Å². The Balaban J connectivity index is 1.70. The number of nitrogens with zero attached hydrogens (tertiary/aromatic N) is 2. The summed E-state index contributed by atoms with van der Waals surface area (Å²) >= 11 is 6.30. The van der Waals surface area contributed by atoms with Crippen LogP contribution in [-0.2, 0) is 23.9 Å². The Labute approximate surface area is 202 Å². The quantitative estimate of drug-likeness (QED) is 0.261. The number of benzene rings is 1. The Morgan fingerprint density at radius 3 is 2.50 bits per heavy atom. The topological polar surface area (TPSA) is 139 Å². The van der Waals surface area contributed by atoms with Crippen molar-refractivity contribution in [2.24, 2.45) is 5.73 Å². The number of fused-ring (bicyclic) bond motifs is 1. The Morgan fingerprint density at radius 1 is 1.26 bits per heavy atom. The number of β-lactam (4-membered cyclic amide) rings is 1. The molecule has 1 aromatic carbocycles. The van der Waals surface area contributed by atoms with E-state index in [1.165, 1.54) is 4.90 Å². The Bertz CT molecular complexity index is 1010. The number of ether oxygens (including phenoxy) is 1. The molecule has 0 spiro atoms. The summed E-state index contributed by atoms with van der Waals surface area (Å²) in [5.74, 6) is -2.96. The molecule has 2 aliphatic heterocycles. The number of carbonyl (C=O) groups is 4. The van der Waals surface area contributed by atoms with Crippen molar-refractivity contribution < 1.29 is 33.5 Å². The number of carboxylic acids is 1. The Morgan fingerprint density at radius 2 is 1.91 bits per heavy atom. The molecule has 2 heterocycles. The molecule has 34 heavy (non-hydrogen) atoms. The van der Waals surface area contributed by atoms with Crippen LogP contribution in [0.15, 0.2) is 41.1 Å². The molecule has 4 N–H and O–H groups in total. The van der Waals surface area contributed by atoms with E-state index in [-0.39, 0.29) is 23.7 Å². The highest BCUT2D eigenvalue weighted by atomic mass is 35.5. The van der Waals surface area contributed by atoms with E-state index in [0.29, 0.717) is 22.9 Å². The first-order valence-electron chi connectivity index (χ1n) is 10.9. The summed E-state index contributed by atoms with van der Waals surface area (Å²) in [6.07, 6.45) is -0.515. The second-order valence-electron chi connectivity index (χ2n) is 9.54. The van der Waals surface area contributed by atoms with Crippen LogP contribution < -0.4 is 11.1 Å². The van der Waals surface area contributed by atoms with Gasteiger partial charge in [0, 0.05) is 5.03 Å². The van der Waals surface area contributed by atoms with Gasteiger partial charge in [0.15, 0.2) is 6.10 Å². The molecule has 0 aromatic heterocycles. The molecule has 10 nitrogen and oxygen atoms in total. The fourth-order valence-electron chi connectivity index (χ4n) is 4.22. The molecule has 1 fully saturated rings. The highest BCUT2D eigenvalue weighted by molar-refractivity contribution is 6.32. The third-order valence-corrected chi connectivity index (χ3v) is 6.10. The van der Waals surface area contributed by atoms with Crippen LogP contribution in [0.3, 0.4) is 0 Å². The van der Waals surface area contributed by atoms with Gasteiger partial charge in [-0.05, 0) is 18.4 Å². The predicted molar refractivity (Wildman–Crippen MR) is 123 cm³/mol. The maximum absolute atomic E-state index is 13.0. The van der Waals surface area contributed by atoms with Gasteiger partial charge in [0.25, 0.3) is 5.91 Å². The second kappa shape index (κ2) is 10.1. The number of halogens is 1. The highest BCUT2D eigenvalue weighted by Crippen LogP contribution is 2.39. The van der Waals surface area contributed by atoms with E-state index < -0.39 is 48.0 Å². The van der Waals surface area contributed by atoms with Crippen molar-refractivity contribution in [3.05, 3.63) is 46.6 Å². The number of allylic oxidation sites excluding steroid dienone is 1. The lowest BCUT2D eigenvalue weighted by atomic mass is 9.86. The molecule has 184 valence electrons. The normalized spacial score (nSPS) is 21.8. The molecule has 1 aromatic rings. The first-order chi connectivity index (χ1) is 15.9. The summed E-state index contributed by atoms with van der Waals surface area (Å²) < 4.78 is 5.86. The monoisotopic (exact) mass is 493 g/mol. The minimum Gasteiger partial charge on any atom is -0.481 e. The summed E-state index contributed by atoms with van der Waals surface area (Å²) in [5, 5.41) is 12.0. The van der Waals surface area contributed by atoms with Crippen molar-refractivity contribution in [3.63, 3.8) is 0 Å². The van der Waals surface area contributed by atoms with E-state index in [1.807, 2.05) is 27.2 Å². The molecule has 1 saturated heterocycles. The van der Waals surface area contributed by atoms with Crippen LogP contribution in [0.1, 0.15) is 30.9 Å². The van der Waals surface area contributed by atoms with Crippen LogP contribution in [0.25, 0.3) is 0 Å². The lowest BCUT2D eigenvalue weighted by molar-refractivity contribution is -0.873. The average Bonchev–Trinajstić information content (AvgIpc) is 2.75. The van der Waals surface area contributed by atoms with Crippen LogP contribution in [0.2, 0.25) is 0 Å². The molecule has 2 aliphatic rings. The molecule has 3 rings (SSSR count). The lowest BCUT2D eigenvalue weighted by Crippen LogP contribution is -2.72. The van der Waals surface area contributed by atoms with Crippen LogP contribution in [0.5, 0.6) is 0 Å². The SMILES string of the molecule is C[N+](C)(C)CC(CC(=O)O)OC(=O)C1=C(Cl)CC[C@@H]2[C@H](NC(=O)[C@H](N)c3ccccc3)C(=O)N12. The first-order valence-corrected chi connectivity index (χ1v) is 11.3. The number of likely N-dealkylation sites (N-methyl/N-ethyl adjacent to an activating group) is 1. The molecule has 0 bridgehead atoms. The number of amides is 2. The average molecular weight is 494 g/mol. The third kappa shape index (κ3) is 5.75. The minimum absolute atomic E-state index is 0.0995. The second-order valence-corrected chi connectivity index (χ2v) is 10.00. The maximum atomic E-state index is 13.0. The van der Waals surface area contributed by atoms with Crippen LogP contribution in [-0.4, -0.2) is 84.1 Å². The summed E-state index contributed by atoms with van der Waals surface area (Å²) in [6, 6.07) is 6.53. The van der Waals surface area contributed by atoms with Crippen LogP contribution >= 0.6 is 11.6 Å². The van der Waals surface area contributed by atoms with Crippen LogP contribution in [0, 0.1) is 0 Å². The van der Waals surface area contributed by atoms with Crippen molar-refractivity contribution in [1.82, 2.24) is 10.2 Å². The zero-order valence-corrected chi connectivity index (χ0v) is 20.1. The van der Waals surface area contributed by atoms with Gasteiger partial charge in [-0.2, -0.15) is 0 Å². The number of nitrogens with two attached hydrogens (primary N) is 1. The standard InChI is InChI=1S/C23H29ClN4O6/c1-28(2,3)12-14(11-17(29)30)34-23(33)20-15(24)9-10-16-19(22(32)27(16)20)26-21(31)18(25)13-7-5-4-6-8-13/h4-8,14,16,18-19H,9-12,25H2,1-3H3,(H-,26,29,30,31)/p+1/t14?,16-,18-,19+/m1/s1. The summed E-state index contributed by atoms with van der Waals surface area (Å²) in [6.45, 7) is 0.260. The minimum atomic E-state index is -1.11. The van der Waals surface area contributed by atoms with E-state index in [0.717, 1.165) is 0 Å². The van der Waals surface area contributed by atoms with Gasteiger partial charge in [-0.1, -0.05) is 41.9 Å². The number of rotatable bonds is 9. The molecule has 0 radical (unpaired) electrons. The first kappa shape index (κ1) is 25.7.